The molecule has 1 unspecified atom stereocenters. The lowest BCUT2D eigenvalue weighted by Crippen LogP contribution is -2.33. The van der Waals surface area contributed by atoms with Gasteiger partial charge in [0.1, 0.15) is 6.61 Å². The van der Waals surface area contributed by atoms with Crippen LogP contribution in [0.2, 0.25) is 0 Å². The van der Waals surface area contributed by atoms with Crippen molar-refractivity contribution in [1.29, 1.82) is 0 Å². The number of imidazole rings is 1. The SMILES string of the molecule is COC(=O)C1=C(C)NC(C)=C(C(=O)OC/C=C/c2ccc(Cn3ccnc3)cc2)C1c1ccc(F)c(F)c1F. The van der Waals surface area contributed by atoms with Crippen molar-refractivity contribution >= 4 is 18.0 Å². The maximum Gasteiger partial charge on any atom is 0.337 e. The van der Waals surface area contributed by atoms with Crippen LogP contribution in [0, 0.1) is 17.5 Å². The highest BCUT2D eigenvalue weighted by Gasteiger charge is 2.39. The number of aromatic nitrogens is 2. The molecule has 0 amide bonds. The van der Waals surface area contributed by atoms with E-state index in [2.05, 4.69) is 10.3 Å². The largest absolute Gasteiger partial charge is 0.466 e. The topological polar surface area (TPSA) is 82.5 Å². The summed E-state index contributed by atoms with van der Waals surface area (Å²) >= 11 is 0. The van der Waals surface area contributed by atoms with Gasteiger partial charge in [0.15, 0.2) is 17.5 Å². The predicted molar refractivity (Wildman–Crippen MR) is 137 cm³/mol. The molecule has 1 aliphatic heterocycles. The highest BCUT2D eigenvalue weighted by atomic mass is 19.2. The number of carbonyl (C=O) groups is 2. The number of halogens is 3. The number of nitrogens with one attached hydrogen (secondary N) is 1. The fourth-order valence-electron chi connectivity index (χ4n) is 4.43. The molecule has 0 saturated heterocycles. The first-order valence-corrected chi connectivity index (χ1v) is 12.0. The zero-order valence-corrected chi connectivity index (χ0v) is 21.5. The average molecular weight is 538 g/mol. The Hall–Kier alpha value is -4.60. The second-order valence-electron chi connectivity index (χ2n) is 8.87. The first kappa shape index (κ1) is 27.4. The maximum atomic E-state index is 14.9. The van der Waals surface area contributed by atoms with Crippen LogP contribution in [0.3, 0.4) is 0 Å². The zero-order chi connectivity index (χ0) is 28.1. The van der Waals surface area contributed by atoms with Gasteiger partial charge in [0, 0.05) is 35.9 Å². The number of allylic oxidation sites excluding steroid dienone is 2. The molecular formula is C29H26F3N3O4. The van der Waals surface area contributed by atoms with Crippen LogP contribution >= 0.6 is 0 Å². The molecule has 202 valence electrons. The molecule has 0 fully saturated rings. The van der Waals surface area contributed by atoms with Crippen molar-refractivity contribution in [3.63, 3.8) is 0 Å². The molecule has 7 nitrogen and oxygen atoms in total. The number of nitrogens with zero attached hydrogens (tertiary/aromatic N) is 2. The summed E-state index contributed by atoms with van der Waals surface area (Å²) < 4.78 is 54.9. The van der Waals surface area contributed by atoms with Crippen LogP contribution in [0.25, 0.3) is 6.08 Å². The van der Waals surface area contributed by atoms with Crippen LogP contribution in [0.5, 0.6) is 0 Å². The van der Waals surface area contributed by atoms with Crippen molar-refractivity contribution in [2.75, 3.05) is 13.7 Å². The normalized spacial score (nSPS) is 15.5. The third-order valence-corrected chi connectivity index (χ3v) is 6.29. The summed E-state index contributed by atoms with van der Waals surface area (Å²) in [5.74, 6) is -7.71. The van der Waals surface area contributed by atoms with Crippen LogP contribution in [-0.2, 0) is 25.6 Å². The molecule has 1 atom stereocenters. The third kappa shape index (κ3) is 5.95. The number of hydrogen-bond acceptors (Lipinski definition) is 6. The average Bonchev–Trinajstić information content (AvgIpc) is 3.43. The van der Waals surface area contributed by atoms with E-state index in [0.29, 0.717) is 6.54 Å². The second-order valence-corrected chi connectivity index (χ2v) is 8.87. The van der Waals surface area contributed by atoms with Gasteiger partial charge in [0.2, 0.25) is 0 Å². The summed E-state index contributed by atoms with van der Waals surface area (Å²) in [4.78, 5) is 29.8. The minimum Gasteiger partial charge on any atom is -0.466 e. The molecule has 4 rings (SSSR count). The Bertz CT molecular complexity index is 1480. The molecule has 3 aromatic rings. The van der Waals surface area contributed by atoms with E-state index in [1.807, 2.05) is 35.0 Å². The van der Waals surface area contributed by atoms with Gasteiger partial charge in [-0.05, 0) is 37.1 Å². The number of carbonyl (C=O) groups excluding carboxylic acids is 2. The van der Waals surface area contributed by atoms with E-state index >= 15 is 0 Å². The van der Waals surface area contributed by atoms with E-state index < -0.39 is 40.9 Å². The van der Waals surface area contributed by atoms with Gasteiger partial charge in [-0.15, -0.1) is 0 Å². The summed E-state index contributed by atoms with van der Waals surface area (Å²) in [6.07, 6.45) is 8.72. The second kappa shape index (κ2) is 11.8. The Morgan fingerprint density at radius 3 is 2.33 bits per heavy atom. The summed E-state index contributed by atoms with van der Waals surface area (Å²) in [7, 11) is 1.12. The first-order valence-electron chi connectivity index (χ1n) is 12.0. The summed E-state index contributed by atoms with van der Waals surface area (Å²) in [5, 5.41) is 2.90. The molecule has 0 radical (unpaired) electrons. The van der Waals surface area contributed by atoms with E-state index in [9.17, 15) is 22.8 Å². The van der Waals surface area contributed by atoms with E-state index in [1.54, 1.807) is 31.6 Å². The van der Waals surface area contributed by atoms with Gasteiger partial charge < -0.3 is 19.4 Å². The number of hydrogen-bond donors (Lipinski definition) is 1. The fraction of sp³-hybridized carbons (Fsp3) is 0.207. The Morgan fingerprint density at radius 1 is 1.00 bits per heavy atom. The standard InChI is InChI=1S/C29H26F3N3O4/c1-17-23(28(36)38-3)25(21-10-11-22(30)27(32)26(21)31)24(18(2)34-17)29(37)39-14-4-5-19-6-8-20(9-7-19)15-35-13-12-33-16-35/h4-13,16,25,34H,14-15H2,1-3H3/b5-4+. The molecule has 2 heterocycles. The summed E-state index contributed by atoms with van der Waals surface area (Å²) in [5.41, 5.74) is 1.88. The molecule has 2 aromatic carbocycles. The molecule has 10 heteroatoms. The summed E-state index contributed by atoms with van der Waals surface area (Å²) in [6, 6.07) is 9.51. The van der Waals surface area contributed by atoms with Crippen molar-refractivity contribution in [3.8, 4) is 0 Å². The van der Waals surface area contributed by atoms with Gasteiger partial charge in [-0.2, -0.15) is 0 Å². The summed E-state index contributed by atoms with van der Waals surface area (Å²) in [6.45, 7) is 3.63. The van der Waals surface area contributed by atoms with E-state index in [-0.39, 0.29) is 29.1 Å². The Morgan fingerprint density at radius 2 is 1.69 bits per heavy atom. The lowest BCUT2D eigenvalue weighted by Gasteiger charge is -2.30. The number of rotatable bonds is 8. The van der Waals surface area contributed by atoms with Crippen molar-refractivity contribution in [3.05, 3.63) is 118 Å². The van der Waals surface area contributed by atoms with Gasteiger partial charge in [0.25, 0.3) is 0 Å². The highest BCUT2D eigenvalue weighted by molar-refractivity contribution is 5.99. The van der Waals surface area contributed by atoms with Crippen molar-refractivity contribution in [2.24, 2.45) is 0 Å². The van der Waals surface area contributed by atoms with Crippen molar-refractivity contribution in [2.45, 2.75) is 26.3 Å². The number of benzene rings is 2. The molecule has 1 aromatic heterocycles. The van der Waals surface area contributed by atoms with Crippen LogP contribution < -0.4 is 5.32 Å². The van der Waals surface area contributed by atoms with Crippen LogP contribution in [0.15, 0.2) is 83.7 Å². The van der Waals surface area contributed by atoms with Gasteiger partial charge in [0.05, 0.1) is 30.5 Å². The van der Waals surface area contributed by atoms with Gasteiger partial charge >= 0.3 is 11.9 Å². The lowest BCUT2D eigenvalue weighted by molar-refractivity contribution is -0.138. The number of ether oxygens (including phenoxy) is 2. The number of methoxy groups -OCH3 is 1. The molecule has 1 aliphatic rings. The quantitative estimate of drug-likeness (QED) is 0.321. The smallest absolute Gasteiger partial charge is 0.337 e. The Labute approximate surface area is 223 Å². The Kier molecular flexibility index (Phi) is 8.33. The number of dihydropyridines is 1. The molecule has 0 spiro atoms. The van der Waals surface area contributed by atoms with Gasteiger partial charge in [-0.1, -0.05) is 36.4 Å². The molecule has 0 saturated carbocycles. The molecule has 0 aliphatic carbocycles. The molecule has 0 bridgehead atoms. The van der Waals surface area contributed by atoms with E-state index in [1.165, 1.54) is 6.92 Å². The fourth-order valence-corrected chi connectivity index (χ4v) is 4.43. The third-order valence-electron chi connectivity index (χ3n) is 6.29. The predicted octanol–water partition coefficient (Wildman–Crippen LogP) is 5.01. The zero-order valence-electron chi connectivity index (χ0n) is 21.5. The van der Waals surface area contributed by atoms with Gasteiger partial charge in [-0.25, -0.2) is 27.7 Å². The van der Waals surface area contributed by atoms with Crippen molar-refractivity contribution < 1.29 is 32.2 Å². The molecular weight excluding hydrogens is 511 g/mol. The van der Waals surface area contributed by atoms with Crippen molar-refractivity contribution in [1.82, 2.24) is 14.9 Å². The van der Waals surface area contributed by atoms with E-state index in [0.717, 1.165) is 30.4 Å². The lowest BCUT2D eigenvalue weighted by atomic mass is 9.80. The molecule has 1 N–H and O–H groups in total. The van der Waals surface area contributed by atoms with Crippen LogP contribution in [-0.4, -0.2) is 35.2 Å². The Balaban J connectivity index is 1.53. The minimum absolute atomic E-state index is 0.119. The highest BCUT2D eigenvalue weighted by Crippen LogP contribution is 2.40. The maximum absolute atomic E-state index is 14.9. The minimum atomic E-state index is -1.71. The van der Waals surface area contributed by atoms with Crippen LogP contribution in [0.4, 0.5) is 13.2 Å². The number of esters is 2. The van der Waals surface area contributed by atoms with E-state index in [4.69, 9.17) is 9.47 Å². The van der Waals surface area contributed by atoms with Crippen LogP contribution in [0.1, 0.15) is 36.5 Å². The first-order chi connectivity index (χ1) is 18.7. The monoisotopic (exact) mass is 537 g/mol. The molecule has 39 heavy (non-hydrogen) atoms. The van der Waals surface area contributed by atoms with Gasteiger partial charge in [-0.3, -0.25) is 0 Å².